The first-order valence-corrected chi connectivity index (χ1v) is 13.4. The molecular formula is C28H66N12O2. The lowest BCUT2D eigenvalue weighted by Crippen LogP contribution is -2.21. The Hall–Kier alpha value is -3.71. The van der Waals surface area contributed by atoms with Gasteiger partial charge in [-0.2, -0.15) is 5.10 Å². The molecule has 0 atom stereocenters. The average Bonchev–Trinajstić information content (AvgIpc) is 3.77. The molecule has 2 aliphatic heterocycles. The van der Waals surface area contributed by atoms with Crippen LogP contribution in [-0.2, 0) is 6.42 Å². The first kappa shape index (κ1) is 51.1. The van der Waals surface area contributed by atoms with Crippen molar-refractivity contribution in [3.8, 4) is 0 Å². The van der Waals surface area contributed by atoms with Crippen molar-refractivity contribution in [1.82, 2.24) is 25.4 Å². The topological polar surface area (TPSA) is 223 Å². The van der Waals surface area contributed by atoms with Crippen molar-refractivity contribution in [2.45, 2.75) is 109 Å². The maximum absolute atomic E-state index is 7.80. The lowest BCUT2D eigenvalue weighted by atomic mass is 10.3. The highest BCUT2D eigenvalue weighted by molar-refractivity contribution is 5.83. The van der Waals surface area contributed by atoms with Gasteiger partial charge in [-0.1, -0.05) is 74.1 Å². The molecule has 2 aliphatic rings. The van der Waals surface area contributed by atoms with Crippen LogP contribution >= 0.6 is 0 Å². The quantitative estimate of drug-likeness (QED) is 0.0997. The number of amidine groups is 4. The lowest BCUT2D eigenvalue weighted by molar-refractivity contribution is 0.317. The summed E-state index contributed by atoms with van der Waals surface area (Å²) in [6.45, 7) is 17.8. The van der Waals surface area contributed by atoms with Crippen molar-refractivity contribution in [3.05, 3.63) is 12.2 Å². The fraction of sp³-hybridized carbons (Fsp3) is 0.750. The highest BCUT2D eigenvalue weighted by Gasteiger charge is 2.07. The highest BCUT2D eigenvalue weighted by atomic mass is 16.4. The van der Waals surface area contributed by atoms with Crippen LogP contribution in [0, 0.1) is 5.41 Å². The molecule has 9 N–H and O–H groups in total. The molecular weight excluding hydrogens is 536 g/mol. The van der Waals surface area contributed by atoms with E-state index < -0.39 is 0 Å². The normalized spacial score (nSPS) is 12.6. The predicted molar refractivity (Wildman–Crippen MR) is 183 cm³/mol. The Kier molecular flexibility index (Phi) is 45.3. The molecule has 1 aromatic heterocycles. The number of likely N-dealkylation sites (N-methyl/N-ethyl adjacent to an activating group) is 1. The molecule has 0 unspecified atom stereocenters. The van der Waals surface area contributed by atoms with E-state index in [9.17, 15) is 0 Å². The van der Waals surface area contributed by atoms with Crippen molar-refractivity contribution >= 4 is 29.1 Å². The maximum Gasteiger partial charge on any atom is 0.138 e. The largest absolute Gasteiger partial charge is 0.409 e. The molecule has 1 aromatic rings. The summed E-state index contributed by atoms with van der Waals surface area (Å²) >= 11 is 0. The standard InChI is InChI=1S/C6H12N2.C5H10N2.C4H7N3.C4H9N.2C3H8N2O.3CH4/c1-3-6-7-4-5-8(6)2;1-2-5-6-3-4-7-5;1-2-4-5-3-6-7-4;1-3-4(2)5;2*1-2-3(4)5-6;;;/h3-5H2,1-2H3;2-4H2,1H3,(H,6,7);3H,2H2,1H3,(H,5,6,7);5H,3H2,1-2H3;2*6H,2H2,1H3,(H2,4,5);3*1H4. The number of nitrogens with zero attached hydrogens (tertiary/aromatic N) is 7. The summed E-state index contributed by atoms with van der Waals surface area (Å²) in [6, 6.07) is 0. The molecule has 0 saturated carbocycles. The van der Waals surface area contributed by atoms with E-state index in [2.05, 4.69) is 66.6 Å². The van der Waals surface area contributed by atoms with Crippen molar-refractivity contribution in [2.24, 2.45) is 31.8 Å². The van der Waals surface area contributed by atoms with Crippen LogP contribution in [0.4, 0.5) is 0 Å². The van der Waals surface area contributed by atoms with Crippen LogP contribution in [0.2, 0.25) is 0 Å². The summed E-state index contributed by atoms with van der Waals surface area (Å²) in [4.78, 5) is 14.5. The van der Waals surface area contributed by atoms with Crippen LogP contribution < -0.4 is 16.8 Å². The maximum atomic E-state index is 7.80. The lowest BCUT2D eigenvalue weighted by Gasteiger charge is -2.10. The molecule has 0 fully saturated rings. The van der Waals surface area contributed by atoms with E-state index in [1.54, 1.807) is 6.92 Å². The van der Waals surface area contributed by atoms with E-state index in [1.165, 1.54) is 18.0 Å². The molecule has 0 amide bonds. The summed E-state index contributed by atoms with van der Waals surface area (Å²) in [6.07, 6.45) is 6.68. The molecule has 0 bridgehead atoms. The Balaban J connectivity index is -0.0000000919. The van der Waals surface area contributed by atoms with Gasteiger partial charge < -0.3 is 37.5 Å². The second-order valence-electron chi connectivity index (χ2n) is 7.99. The summed E-state index contributed by atoms with van der Waals surface area (Å²) in [5, 5.41) is 37.3. The minimum atomic E-state index is 0. The molecule has 0 saturated heterocycles. The minimum Gasteiger partial charge on any atom is -0.409 e. The summed E-state index contributed by atoms with van der Waals surface area (Å²) < 4.78 is 0. The molecule has 14 heteroatoms. The van der Waals surface area contributed by atoms with E-state index in [1.807, 2.05) is 27.7 Å². The van der Waals surface area contributed by atoms with Gasteiger partial charge in [-0.15, -0.1) is 0 Å². The summed E-state index contributed by atoms with van der Waals surface area (Å²) in [5.41, 5.74) is 10.7. The summed E-state index contributed by atoms with van der Waals surface area (Å²) in [5.74, 6) is 3.91. The van der Waals surface area contributed by atoms with Crippen LogP contribution in [0.15, 0.2) is 26.6 Å². The van der Waals surface area contributed by atoms with Gasteiger partial charge >= 0.3 is 0 Å². The fourth-order valence-corrected chi connectivity index (χ4v) is 2.19. The van der Waals surface area contributed by atoms with E-state index >= 15 is 0 Å². The number of aryl methyl sites for hydroxylation is 1. The van der Waals surface area contributed by atoms with Gasteiger partial charge in [0.15, 0.2) is 0 Å². The number of nitrogens with two attached hydrogens (primary N) is 2. The molecule has 0 spiro atoms. The van der Waals surface area contributed by atoms with Crippen LogP contribution in [0.5, 0.6) is 0 Å². The number of H-pyrrole nitrogens is 1. The summed E-state index contributed by atoms with van der Waals surface area (Å²) in [7, 11) is 2.09. The fourth-order valence-electron chi connectivity index (χ4n) is 2.19. The van der Waals surface area contributed by atoms with E-state index in [0.717, 1.165) is 63.4 Å². The number of nitrogens with one attached hydrogen (secondary N) is 3. The van der Waals surface area contributed by atoms with Gasteiger partial charge in [0.2, 0.25) is 0 Å². The van der Waals surface area contributed by atoms with Gasteiger partial charge in [-0.3, -0.25) is 15.1 Å². The van der Waals surface area contributed by atoms with Crippen LogP contribution in [0.3, 0.4) is 0 Å². The zero-order valence-corrected chi connectivity index (χ0v) is 25.3. The Morgan fingerprint density at radius 3 is 1.57 bits per heavy atom. The first-order chi connectivity index (χ1) is 18.6. The SMILES string of the molecule is C.C.C.CC/C(N)=N\O.CC/C(N)=N\O.CCC(C)=N.CCC1=NCCN1.CCC1=NCCN1C.CCc1ncn[nH]1. The average molecular weight is 603 g/mol. The number of aliphatic imine (C=N–C) groups is 2. The molecule has 250 valence electrons. The van der Waals surface area contributed by atoms with Gasteiger partial charge in [0.05, 0.1) is 24.8 Å². The smallest absolute Gasteiger partial charge is 0.138 e. The van der Waals surface area contributed by atoms with Crippen LogP contribution in [-0.4, -0.2) is 92.8 Å². The van der Waals surface area contributed by atoms with E-state index in [4.69, 9.17) is 27.3 Å². The van der Waals surface area contributed by atoms with Crippen molar-refractivity contribution < 1.29 is 10.4 Å². The number of rotatable bonds is 6. The molecule has 3 rings (SSSR count). The third kappa shape index (κ3) is 34.3. The van der Waals surface area contributed by atoms with Gasteiger partial charge in [0.1, 0.15) is 23.8 Å². The van der Waals surface area contributed by atoms with Gasteiger partial charge in [0, 0.05) is 58.0 Å². The van der Waals surface area contributed by atoms with E-state index in [-0.39, 0.29) is 34.0 Å². The van der Waals surface area contributed by atoms with Crippen LogP contribution in [0.1, 0.15) is 109 Å². The first-order valence-electron chi connectivity index (χ1n) is 13.4. The van der Waals surface area contributed by atoms with Crippen molar-refractivity contribution in [1.29, 1.82) is 5.41 Å². The Morgan fingerprint density at radius 1 is 0.905 bits per heavy atom. The van der Waals surface area contributed by atoms with Gasteiger partial charge in [-0.25, -0.2) is 4.98 Å². The number of hydrogen-bond donors (Lipinski definition) is 7. The number of aromatic nitrogens is 3. The number of aromatic amines is 1. The highest BCUT2D eigenvalue weighted by Crippen LogP contribution is 1.99. The van der Waals surface area contributed by atoms with E-state index in [0.29, 0.717) is 12.8 Å². The zero-order valence-electron chi connectivity index (χ0n) is 25.3. The molecule has 0 aromatic carbocycles. The van der Waals surface area contributed by atoms with Crippen molar-refractivity contribution in [2.75, 3.05) is 33.2 Å². The third-order valence-corrected chi connectivity index (χ3v) is 4.88. The molecule has 42 heavy (non-hydrogen) atoms. The minimum absolute atomic E-state index is 0. The molecule has 0 radical (unpaired) electrons. The van der Waals surface area contributed by atoms with Crippen molar-refractivity contribution in [3.63, 3.8) is 0 Å². The second kappa shape index (κ2) is 37.3. The Bertz CT molecular complexity index is 805. The van der Waals surface area contributed by atoms with Gasteiger partial charge in [0.25, 0.3) is 0 Å². The molecule has 0 aliphatic carbocycles. The number of hydrogen-bond acceptors (Lipinski definition) is 11. The second-order valence-corrected chi connectivity index (χ2v) is 7.99. The Morgan fingerprint density at radius 2 is 1.43 bits per heavy atom. The third-order valence-electron chi connectivity index (χ3n) is 4.88. The molecule has 14 nitrogen and oxygen atoms in total. The van der Waals surface area contributed by atoms with Gasteiger partial charge in [-0.05, 0) is 13.3 Å². The number of oxime groups is 2. The Labute approximate surface area is 256 Å². The monoisotopic (exact) mass is 603 g/mol. The predicted octanol–water partition coefficient (Wildman–Crippen LogP) is 5.14. The zero-order chi connectivity index (χ0) is 30.5. The molecule has 3 heterocycles. The van der Waals surface area contributed by atoms with Crippen LogP contribution in [0.25, 0.3) is 0 Å².